The van der Waals surface area contributed by atoms with Gasteiger partial charge in [0.1, 0.15) is 0 Å². The minimum atomic E-state index is -0.540. The maximum atomic E-state index is 5.29. The fourth-order valence-corrected chi connectivity index (χ4v) is 10.6. The second kappa shape index (κ2) is 9.68. The maximum absolute atomic E-state index is 5.29. The van der Waals surface area contributed by atoms with Crippen molar-refractivity contribution in [1.82, 2.24) is 4.98 Å². The summed E-state index contributed by atoms with van der Waals surface area (Å²) in [6.07, 6.45) is 7.54. The topological polar surface area (TPSA) is 12.9 Å². The molecule has 3 heteroatoms. The molecule has 0 spiro atoms. The molecule has 5 rings (SSSR count). The fourth-order valence-electron chi connectivity index (χ4n) is 3.90. The molecule has 3 aromatic carbocycles. The van der Waals surface area contributed by atoms with Gasteiger partial charge in [0.2, 0.25) is 0 Å². The summed E-state index contributed by atoms with van der Waals surface area (Å²) in [6.45, 7) is 0. The predicted molar refractivity (Wildman–Crippen MR) is 131 cm³/mol. The number of aromatic nitrogens is 1. The Kier molecular flexibility index (Phi) is 6.55. The molecular formula is C27H23NTe2. The monoisotopic (exact) mass is 621 g/mol. The van der Waals surface area contributed by atoms with E-state index in [1.807, 2.05) is 0 Å². The Labute approximate surface area is 198 Å². The van der Waals surface area contributed by atoms with E-state index in [0.29, 0.717) is 0 Å². The molecule has 0 atom stereocenters. The van der Waals surface area contributed by atoms with Crippen LogP contribution in [0.4, 0.5) is 0 Å². The Bertz CT molecular complexity index is 1180. The molecular weight excluding hydrogens is 594 g/mol. The van der Waals surface area contributed by atoms with Gasteiger partial charge in [-0.1, -0.05) is 0 Å². The number of pyridine rings is 1. The quantitative estimate of drug-likeness (QED) is 0.313. The second-order valence-electron chi connectivity index (χ2n) is 7.44. The Balaban J connectivity index is 1.74. The molecule has 0 unspecified atom stereocenters. The molecule has 1 aromatic heterocycles. The van der Waals surface area contributed by atoms with E-state index in [-0.39, 0.29) is 0 Å². The molecule has 4 aromatic rings. The molecule has 0 N–H and O–H groups in total. The van der Waals surface area contributed by atoms with Gasteiger partial charge in [0.05, 0.1) is 0 Å². The summed E-state index contributed by atoms with van der Waals surface area (Å²) in [7, 11) is 0. The predicted octanol–water partition coefficient (Wildman–Crippen LogP) is 3.50. The van der Waals surface area contributed by atoms with E-state index >= 15 is 0 Å². The standard InChI is InChI=1S/C27H23NTe2/c1-4-12-20(13-5-1)25-26(29-21-14-6-2-7-15-21)23-18-10-11-19-24(23)28-27(25)30-22-16-8-3-9-17-22/h2-3,6-12,14-19H,1,4-5,13H2. The summed E-state index contributed by atoms with van der Waals surface area (Å²) in [5.41, 5.74) is 4.25. The molecule has 1 heterocycles. The first-order chi connectivity index (χ1) is 14.9. The summed E-state index contributed by atoms with van der Waals surface area (Å²) in [5, 5.41) is 1.37. The Hall–Kier alpha value is -1.61. The third kappa shape index (κ3) is 4.51. The molecule has 148 valence electrons. The number of hydrogen-bond donors (Lipinski definition) is 0. The van der Waals surface area contributed by atoms with Crippen molar-refractivity contribution < 1.29 is 0 Å². The van der Waals surface area contributed by atoms with Gasteiger partial charge >= 0.3 is 200 Å². The molecule has 1 aliphatic carbocycles. The molecule has 0 fully saturated rings. The van der Waals surface area contributed by atoms with Gasteiger partial charge < -0.3 is 0 Å². The van der Waals surface area contributed by atoms with Gasteiger partial charge in [-0.3, -0.25) is 0 Å². The van der Waals surface area contributed by atoms with Gasteiger partial charge in [-0.15, -0.1) is 0 Å². The van der Waals surface area contributed by atoms with Crippen LogP contribution < -0.4 is 14.6 Å². The molecule has 0 bridgehead atoms. The van der Waals surface area contributed by atoms with Crippen molar-refractivity contribution in [2.24, 2.45) is 0 Å². The Morgan fingerprint density at radius 2 is 1.33 bits per heavy atom. The van der Waals surface area contributed by atoms with Crippen molar-refractivity contribution in [3.05, 3.63) is 96.6 Å². The van der Waals surface area contributed by atoms with Crippen molar-refractivity contribution in [2.75, 3.05) is 0 Å². The molecule has 0 radical (unpaired) electrons. The first-order valence-corrected chi connectivity index (χ1v) is 15.1. The summed E-state index contributed by atoms with van der Waals surface area (Å²) in [6, 6.07) is 30.9. The van der Waals surface area contributed by atoms with Crippen LogP contribution in [-0.4, -0.2) is 46.8 Å². The van der Waals surface area contributed by atoms with Crippen LogP contribution in [0, 0.1) is 0 Å². The van der Waals surface area contributed by atoms with Crippen molar-refractivity contribution in [1.29, 1.82) is 0 Å². The van der Waals surface area contributed by atoms with Crippen LogP contribution in [0.15, 0.2) is 91.0 Å². The number of hydrogen-bond acceptors (Lipinski definition) is 1. The Morgan fingerprint density at radius 3 is 2.03 bits per heavy atom. The van der Waals surface area contributed by atoms with Gasteiger partial charge in [0.15, 0.2) is 0 Å². The van der Waals surface area contributed by atoms with Crippen molar-refractivity contribution in [2.45, 2.75) is 25.7 Å². The summed E-state index contributed by atoms with van der Waals surface area (Å²) >= 11 is -1.04. The van der Waals surface area contributed by atoms with Gasteiger partial charge in [0, 0.05) is 0 Å². The van der Waals surface area contributed by atoms with E-state index in [2.05, 4.69) is 91.0 Å². The van der Waals surface area contributed by atoms with Gasteiger partial charge in [0.25, 0.3) is 0 Å². The van der Waals surface area contributed by atoms with Crippen molar-refractivity contribution in [3.63, 3.8) is 0 Å². The molecule has 30 heavy (non-hydrogen) atoms. The second-order valence-corrected chi connectivity index (χ2v) is 13.6. The summed E-state index contributed by atoms with van der Waals surface area (Å²) < 4.78 is 5.95. The zero-order chi connectivity index (χ0) is 20.2. The third-order valence-corrected chi connectivity index (χ3v) is 11.4. The number of rotatable bonds is 5. The fraction of sp³-hybridized carbons (Fsp3) is 0.148. The molecule has 0 saturated heterocycles. The number of nitrogens with zero attached hydrogens (tertiary/aromatic N) is 1. The van der Waals surface area contributed by atoms with Gasteiger partial charge in [-0.2, -0.15) is 0 Å². The third-order valence-electron chi connectivity index (χ3n) is 5.34. The van der Waals surface area contributed by atoms with E-state index in [9.17, 15) is 0 Å². The first kappa shape index (κ1) is 20.3. The van der Waals surface area contributed by atoms with Crippen LogP contribution >= 0.6 is 0 Å². The van der Waals surface area contributed by atoms with E-state index in [1.54, 1.807) is 9.18 Å². The molecule has 0 saturated carbocycles. The minimum absolute atomic E-state index is 0.500. The zero-order valence-corrected chi connectivity index (χ0v) is 21.4. The van der Waals surface area contributed by atoms with E-state index in [1.165, 1.54) is 53.1 Å². The van der Waals surface area contributed by atoms with Crippen LogP contribution in [-0.2, 0) is 0 Å². The Morgan fingerprint density at radius 1 is 0.667 bits per heavy atom. The van der Waals surface area contributed by atoms with Crippen molar-refractivity contribution in [3.8, 4) is 0 Å². The van der Waals surface area contributed by atoms with Crippen molar-refractivity contribution >= 4 is 72.9 Å². The van der Waals surface area contributed by atoms with Crippen LogP contribution in [0.2, 0.25) is 0 Å². The van der Waals surface area contributed by atoms with Crippen LogP contribution in [0.3, 0.4) is 0 Å². The average molecular weight is 617 g/mol. The number of fused-ring (bicyclic) bond motifs is 1. The van der Waals surface area contributed by atoms with Crippen LogP contribution in [0.25, 0.3) is 16.5 Å². The van der Waals surface area contributed by atoms with Gasteiger partial charge in [-0.05, 0) is 0 Å². The van der Waals surface area contributed by atoms with Gasteiger partial charge in [-0.25, -0.2) is 0 Å². The number of benzene rings is 3. The van der Waals surface area contributed by atoms with Crippen LogP contribution in [0.1, 0.15) is 31.2 Å². The van der Waals surface area contributed by atoms with E-state index in [4.69, 9.17) is 4.98 Å². The summed E-state index contributed by atoms with van der Waals surface area (Å²) in [5.74, 6) is 0. The molecule has 0 amide bonds. The molecule has 1 aliphatic rings. The average Bonchev–Trinajstić information content (AvgIpc) is 2.81. The number of para-hydroxylation sites is 1. The van der Waals surface area contributed by atoms with E-state index < -0.39 is 41.8 Å². The molecule has 1 nitrogen and oxygen atoms in total. The van der Waals surface area contributed by atoms with E-state index in [0.717, 1.165) is 0 Å². The molecule has 0 aliphatic heterocycles. The SMILES string of the molecule is C1=C(c2c([Te]c3ccccc3)nc3ccccc3c2[Te]c2ccccc2)CCCC1. The first-order valence-electron chi connectivity index (χ1n) is 10.5. The zero-order valence-electron chi connectivity index (χ0n) is 16.8. The summed E-state index contributed by atoms with van der Waals surface area (Å²) in [4.78, 5) is 5.29. The van der Waals surface area contributed by atoms with Crippen LogP contribution in [0.5, 0.6) is 0 Å². The normalized spacial score (nSPS) is 13.9. The number of allylic oxidation sites excluding steroid dienone is 2.